The molecule has 2 N–H and O–H groups in total. The molecule has 0 radical (unpaired) electrons. The number of sulfone groups is 1. The molecule has 1 saturated heterocycles. The molecule has 1 aliphatic heterocycles. The highest BCUT2D eigenvalue weighted by atomic mass is 32.2. The molecule has 0 atom stereocenters. The molecule has 1 heterocycles. The number of anilines is 3. The van der Waals surface area contributed by atoms with Crippen LogP contribution in [0, 0.1) is 10.8 Å². The van der Waals surface area contributed by atoms with Gasteiger partial charge >= 0.3 is 0 Å². The minimum atomic E-state index is -3.55. The number of carbonyl (C=O) groups excluding carboxylic acids is 1. The van der Waals surface area contributed by atoms with Gasteiger partial charge < -0.3 is 10.2 Å². The van der Waals surface area contributed by atoms with Gasteiger partial charge in [0.1, 0.15) is 0 Å². The van der Waals surface area contributed by atoms with Crippen LogP contribution in [0.4, 0.5) is 17.1 Å². The van der Waals surface area contributed by atoms with Gasteiger partial charge in [-0.25, -0.2) is 16.8 Å². The minimum Gasteiger partial charge on any atom is -0.371 e. The Kier molecular flexibility index (Phi) is 7.62. The number of hydrogen-bond donors (Lipinski definition) is 2. The van der Waals surface area contributed by atoms with E-state index in [2.05, 4.69) is 14.9 Å². The summed E-state index contributed by atoms with van der Waals surface area (Å²) >= 11 is 0. The van der Waals surface area contributed by atoms with Crippen LogP contribution >= 0.6 is 0 Å². The lowest BCUT2D eigenvalue weighted by atomic mass is 9.93. The summed E-state index contributed by atoms with van der Waals surface area (Å²) in [6, 6.07) is 11.3. The second-order valence-electron chi connectivity index (χ2n) is 12.2. The number of piperidine rings is 1. The molecule has 1 spiro atoms. The molecule has 2 aromatic carbocycles. The smallest absolute Gasteiger partial charge is 0.257 e. The van der Waals surface area contributed by atoms with Gasteiger partial charge in [0.25, 0.3) is 5.91 Å². The summed E-state index contributed by atoms with van der Waals surface area (Å²) in [4.78, 5) is 15.8. The van der Waals surface area contributed by atoms with E-state index in [4.69, 9.17) is 0 Å². The van der Waals surface area contributed by atoms with Crippen LogP contribution in [0.25, 0.3) is 0 Å². The third kappa shape index (κ3) is 6.69. The van der Waals surface area contributed by atoms with Crippen molar-refractivity contribution in [3.63, 3.8) is 0 Å². The van der Waals surface area contributed by atoms with Gasteiger partial charge in [-0.2, -0.15) is 0 Å². The first-order chi connectivity index (χ1) is 17.6. The number of sulfonamides is 1. The SMILES string of the molecule is CC(C)S(=O)(=O)Nc1ccc(C(=O)Nc2cccc(S(=O)(=O)CC(C)(C)C)c2)c(N2CCC3(CC2)CC3)c1. The largest absolute Gasteiger partial charge is 0.371 e. The van der Waals surface area contributed by atoms with Gasteiger partial charge in [-0.3, -0.25) is 9.52 Å². The molecule has 2 aromatic rings. The van der Waals surface area contributed by atoms with Crippen LogP contribution in [0.15, 0.2) is 47.4 Å². The van der Waals surface area contributed by atoms with Gasteiger partial charge in [-0.1, -0.05) is 26.8 Å². The monoisotopic (exact) mass is 561 g/mol. The van der Waals surface area contributed by atoms with Crippen LogP contribution in [-0.4, -0.2) is 46.8 Å². The molecule has 1 aliphatic carbocycles. The first kappa shape index (κ1) is 28.4. The van der Waals surface area contributed by atoms with Crippen molar-refractivity contribution in [2.24, 2.45) is 10.8 Å². The van der Waals surface area contributed by atoms with Gasteiger partial charge in [-0.15, -0.1) is 0 Å². The Balaban J connectivity index is 1.62. The predicted molar refractivity (Wildman–Crippen MR) is 153 cm³/mol. The van der Waals surface area contributed by atoms with Crippen molar-refractivity contribution in [2.45, 2.75) is 70.4 Å². The third-order valence-corrected chi connectivity index (χ3v) is 11.3. The Morgan fingerprint density at radius 3 is 2.18 bits per heavy atom. The number of carbonyl (C=O) groups is 1. The number of amides is 1. The van der Waals surface area contributed by atoms with E-state index in [1.807, 2.05) is 20.8 Å². The molecule has 4 rings (SSSR count). The van der Waals surface area contributed by atoms with Crippen molar-refractivity contribution in [1.82, 2.24) is 0 Å². The Bertz CT molecular complexity index is 1410. The van der Waals surface area contributed by atoms with Crippen molar-refractivity contribution in [2.75, 3.05) is 33.8 Å². The average Bonchev–Trinajstić information content (AvgIpc) is 3.56. The first-order valence-corrected chi connectivity index (χ1v) is 16.3. The summed E-state index contributed by atoms with van der Waals surface area (Å²) in [7, 11) is -7.07. The molecule has 2 fully saturated rings. The van der Waals surface area contributed by atoms with Gasteiger partial charge in [0.15, 0.2) is 9.84 Å². The maximum absolute atomic E-state index is 13.5. The van der Waals surface area contributed by atoms with Crippen molar-refractivity contribution >= 4 is 42.8 Å². The Morgan fingerprint density at radius 2 is 1.61 bits per heavy atom. The fraction of sp³-hybridized carbons (Fsp3) is 0.536. The minimum absolute atomic E-state index is 0.00819. The fourth-order valence-corrected chi connectivity index (χ4v) is 7.44. The lowest BCUT2D eigenvalue weighted by molar-refractivity contribution is 0.102. The predicted octanol–water partition coefficient (Wildman–Crippen LogP) is 5.29. The van der Waals surface area contributed by atoms with Crippen LogP contribution < -0.4 is 14.9 Å². The molecule has 0 bridgehead atoms. The molecule has 38 heavy (non-hydrogen) atoms. The number of nitrogens with zero attached hydrogens (tertiary/aromatic N) is 1. The molecule has 10 heteroatoms. The topological polar surface area (TPSA) is 113 Å². The van der Waals surface area contributed by atoms with E-state index in [1.54, 1.807) is 50.2 Å². The van der Waals surface area contributed by atoms with E-state index >= 15 is 0 Å². The maximum Gasteiger partial charge on any atom is 0.257 e. The summed E-state index contributed by atoms with van der Waals surface area (Å²) in [5.41, 5.74) is 1.91. The standard InChI is InChI=1S/C28H39N3O5S2/c1-20(2)38(35,36)30-22-9-10-24(25(18-22)31-15-13-28(11-12-28)14-16-31)26(32)29-21-7-6-8-23(17-21)37(33,34)19-27(3,4)5/h6-10,17-18,20,30H,11-16,19H2,1-5H3,(H,29,32). The van der Waals surface area contributed by atoms with E-state index in [-0.39, 0.29) is 16.6 Å². The summed E-state index contributed by atoms with van der Waals surface area (Å²) < 4.78 is 53.4. The Hall–Kier alpha value is -2.59. The molecule has 0 unspecified atom stereocenters. The highest BCUT2D eigenvalue weighted by Crippen LogP contribution is 2.54. The molecular weight excluding hydrogens is 522 g/mol. The number of benzene rings is 2. The van der Waals surface area contributed by atoms with Crippen LogP contribution in [0.5, 0.6) is 0 Å². The van der Waals surface area contributed by atoms with E-state index in [0.29, 0.717) is 28.0 Å². The molecule has 1 saturated carbocycles. The molecule has 208 valence electrons. The average molecular weight is 562 g/mol. The maximum atomic E-state index is 13.5. The molecule has 8 nitrogen and oxygen atoms in total. The van der Waals surface area contributed by atoms with Gasteiger partial charge in [0, 0.05) is 18.8 Å². The quantitative estimate of drug-likeness (QED) is 0.453. The van der Waals surface area contributed by atoms with Crippen LogP contribution in [0.3, 0.4) is 0 Å². The van der Waals surface area contributed by atoms with Crippen LogP contribution in [0.1, 0.15) is 70.7 Å². The van der Waals surface area contributed by atoms with Gasteiger partial charge in [0.05, 0.1) is 32.8 Å². The summed E-state index contributed by atoms with van der Waals surface area (Å²) in [5, 5.41) is 2.26. The Labute approximate surface area is 227 Å². The van der Waals surface area contributed by atoms with E-state index < -0.39 is 30.5 Å². The lowest BCUT2D eigenvalue weighted by Crippen LogP contribution is -2.35. The summed E-state index contributed by atoms with van der Waals surface area (Å²) in [6.45, 7) is 10.4. The van der Waals surface area contributed by atoms with Gasteiger partial charge in [-0.05, 0) is 86.8 Å². The van der Waals surface area contributed by atoms with Crippen LogP contribution in [0.2, 0.25) is 0 Å². The summed E-state index contributed by atoms with van der Waals surface area (Å²) in [6.07, 6.45) is 4.58. The van der Waals surface area contributed by atoms with E-state index in [9.17, 15) is 21.6 Å². The molecular formula is C28H39N3O5S2. The number of hydrogen-bond acceptors (Lipinski definition) is 6. The third-order valence-electron chi connectivity index (χ3n) is 7.32. The summed E-state index contributed by atoms with van der Waals surface area (Å²) in [5.74, 6) is -0.387. The van der Waals surface area contributed by atoms with Crippen molar-refractivity contribution in [3.8, 4) is 0 Å². The van der Waals surface area contributed by atoms with Crippen molar-refractivity contribution in [1.29, 1.82) is 0 Å². The van der Waals surface area contributed by atoms with E-state index in [1.165, 1.54) is 18.9 Å². The Morgan fingerprint density at radius 1 is 0.947 bits per heavy atom. The normalized spacial score (nSPS) is 17.5. The molecule has 2 aliphatic rings. The van der Waals surface area contributed by atoms with Crippen molar-refractivity contribution in [3.05, 3.63) is 48.0 Å². The zero-order valence-electron chi connectivity index (χ0n) is 22.9. The van der Waals surface area contributed by atoms with Gasteiger partial charge in [0.2, 0.25) is 10.0 Å². The van der Waals surface area contributed by atoms with Crippen LogP contribution in [-0.2, 0) is 19.9 Å². The molecule has 1 amide bonds. The molecule has 0 aromatic heterocycles. The number of rotatable bonds is 8. The zero-order chi connectivity index (χ0) is 27.9. The zero-order valence-corrected chi connectivity index (χ0v) is 24.5. The lowest BCUT2D eigenvalue weighted by Gasteiger charge is -2.35. The second kappa shape index (κ2) is 10.2. The van der Waals surface area contributed by atoms with Crippen molar-refractivity contribution < 1.29 is 21.6 Å². The fourth-order valence-electron chi connectivity index (χ4n) is 4.85. The highest BCUT2D eigenvalue weighted by Gasteiger charge is 2.44. The second-order valence-corrected chi connectivity index (χ2v) is 16.4. The number of nitrogens with one attached hydrogen (secondary N) is 2. The first-order valence-electron chi connectivity index (χ1n) is 13.1. The van der Waals surface area contributed by atoms with E-state index in [0.717, 1.165) is 25.9 Å². The highest BCUT2D eigenvalue weighted by molar-refractivity contribution is 7.93.